The van der Waals surface area contributed by atoms with E-state index in [9.17, 15) is 4.79 Å². The van der Waals surface area contributed by atoms with Gasteiger partial charge >= 0.3 is 0 Å². The van der Waals surface area contributed by atoms with Gasteiger partial charge in [-0.1, -0.05) is 49.1 Å². The molecule has 0 aliphatic heterocycles. The van der Waals surface area contributed by atoms with Gasteiger partial charge < -0.3 is 5.21 Å². The number of Topliss-reactive ketones (excluding diaryl/α,β-unsaturated/α-hetero) is 1. The van der Waals surface area contributed by atoms with Crippen LogP contribution in [-0.2, 0) is 0 Å². The number of halogens is 2. The first-order valence-electron chi connectivity index (χ1n) is 5.53. The summed E-state index contributed by atoms with van der Waals surface area (Å²) in [4.78, 5) is 12.4. The lowest BCUT2D eigenvalue weighted by Crippen LogP contribution is -2.18. The van der Waals surface area contributed by atoms with Gasteiger partial charge in [-0.15, -0.1) is 0 Å². The Kier molecular flexibility index (Phi) is 4.35. The molecule has 0 bridgehead atoms. The zero-order valence-electron chi connectivity index (χ0n) is 9.49. The van der Waals surface area contributed by atoms with Crippen molar-refractivity contribution < 1.29 is 10.0 Å². The summed E-state index contributed by atoms with van der Waals surface area (Å²) >= 11 is 6.75. The molecule has 94 valence electrons. The number of nitrogens with zero attached hydrogens (tertiary/aromatic N) is 1. The highest BCUT2D eigenvalue weighted by molar-refractivity contribution is 9.11. The number of hydrogen-bond donors (Lipinski definition) is 1. The first kappa shape index (κ1) is 13.5. The van der Waals surface area contributed by atoms with Crippen LogP contribution in [0, 0.1) is 0 Å². The van der Waals surface area contributed by atoms with Crippen molar-refractivity contribution >= 4 is 43.4 Å². The monoisotopic (exact) mass is 371 g/mol. The van der Waals surface area contributed by atoms with E-state index in [4.69, 9.17) is 5.21 Å². The quantitative estimate of drug-likeness (QED) is 0.478. The molecule has 0 radical (unpaired) electrons. The summed E-state index contributed by atoms with van der Waals surface area (Å²) in [6.45, 7) is 0. The third-order valence-corrected chi connectivity index (χ3v) is 4.09. The molecular formula is C13H11Br2NO2. The number of hydrogen-bond acceptors (Lipinski definition) is 3. The van der Waals surface area contributed by atoms with Crippen LogP contribution in [0.4, 0.5) is 0 Å². The summed E-state index contributed by atoms with van der Waals surface area (Å²) in [5.74, 6) is -0.115. The molecule has 18 heavy (non-hydrogen) atoms. The van der Waals surface area contributed by atoms with Crippen LogP contribution in [0.15, 0.2) is 43.9 Å². The average molecular weight is 373 g/mol. The molecule has 2 rings (SSSR count). The lowest BCUT2D eigenvalue weighted by atomic mass is 9.91. The molecule has 1 aromatic carbocycles. The minimum Gasteiger partial charge on any atom is -0.411 e. The Labute approximate surface area is 122 Å². The topological polar surface area (TPSA) is 49.7 Å². The van der Waals surface area contributed by atoms with Crippen molar-refractivity contribution in [2.75, 3.05) is 0 Å². The zero-order chi connectivity index (χ0) is 13.1. The molecule has 1 N–H and O–H groups in total. The van der Waals surface area contributed by atoms with E-state index in [1.165, 1.54) is 0 Å². The van der Waals surface area contributed by atoms with E-state index in [0.717, 1.165) is 21.8 Å². The molecule has 0 amide bonds. The van der Waals surface area contributed by atoms with Gasteiger partial charge in [-0.25, -0.2) is 0 Å². The number of allylic oxidation sites excluding steroid dienone is 2. The molecule has 0 atom stereocenters. The third kappa shape index (κ3) is 2.72. The van der Waals surface area contributed by atoms with Crippen LogP contribution < -0.4 is 0 Å². The number of carbonyl (C=O) groups is 1. The van der Waals surface area contributed by atoms with Gasteiger partial charge in [0.05, 0.1) is 11.3 Å². The molecule has 1 aromatic rings. The maximum absolute atomic E-state index is 12.4. The minimum atomic E-state index is -0.115. The van der Waals surface area contributed by atoms with Crippen LogP contribution in [0.5, 0.6) is 0 Å². The van der Waals surface area contributed by atoms with Gasteiger partial charge in [-0.2, -0.15) is 0 Å². The van der Waals surface area contributed by atoms with Crippen molar-refractivity contribution in [3.8, 4) is 0 Å². The summed E-state index contributed by atoms with van der Waals surface area (Å²) in [7, 11) is 0. The van der Waals surface area contributed by atoms with E-state index in [0.29, 0.717) is 23.3 Å². The Hall–Kier alpha value is -0.940. The van der Waals surface area contributed by atoms with Gasteiger partial charge in [-0.3, -0.25) is 4.79 Å². The van der Waals surface area contributed by atoms with Crippen LogP contribution in [-0.4, -0.2) is 16.7 Å². The van der Waals surface area contributed by atoms with Crippen LogP contribution >= 0.6 is 31.9 Å². The summed E-state index contributed by atoms with van der Waals surface area (Å²) in [5, 5.41) is 12.2. The van der Waals surface area contributed by atoms with Crippen molar-refractivity contribution in [2.24, 2.45) is 5.16 Å². The maximum Gasteiger partial charge on any atom is 0.195 e. The van der Waals surface area contributed by atoms with Crippen LogP contribution in [0.2, 0.25) is 0 Å². The van der Waals surface area contributed by atoms with Gasteiger partial charge in [0, 0.05) is 14.5 Å². The van der Waals surface area contributed by atoms with E-state index in [-0.39, 0.29) is 5.78 Å². The fourth-order valence-electron chi connectivity index (χ4n) is 1.95. The summed E-state index contributed by atoms with van der Waals surface area (Å²) in [5.41, 5.74) is 1.53. The van der Waals surface area contributed by atoms with Crippen molar-refractivity contribution in [3.05, 3.63) is 44.4 Å². The fraction of sp³-hybridized carbons (Fsp3) is 0.231. The lowest BCUT2D eigenvalue weighted by molar-refractivity contribution is 0.103. The molecule has 0 unspecified atom stereocenters. The average Bonchev–Trinajstić information content (AvgIpc) is 2.37. The molecule has 1 aliphatic rings. The van der Waals surface area contributed by atoms with Crippen LogP contribution in [0.25, 0.3) is 0 Å². The van der Waals surface area contributed by atoms with Gasteiger partial charge in [-0.05, 0) is 31.4 Å². The predicted octanol–water partition coefficient (Wildman–Crippen LogP) is 4.29. The van der Waals surface area contributed by atoms with Gasteiger partial charge in [0.2, 0.25) is 0 Å². The Balaban J connectivity index is 2.44. The number of oxime groups is 1. The first-order valence-corrected chi connectivity index (χ1v) is 7.12. The molecule has 0 saturated heterocycles. The molecule has 0 aromatic heterocycles. The molecule has 0 fully saturated rings. The van der Waals surface area contributed by atoms with Gasteiger partial charge in [0.25, 0.3) is 0 Å². The van der Waals surface area contributed by atoms with E-state index < -0.39 is 0 Å². The standard InChI is InChI=1S/C13H11Br2NO2/c14-9-4-1-3-8(7-9)13(17)12-10(15)5-2-6-11(12)16-18/h1,3-4,7,18H,2,5-6H2/b16-11+. The number of rotatable bonds is 2. The highest BCUT2D eigenvalue weighted by Crippen LogP contribution is 2.30. The fourth-order valence-corrected chi connectivity index (χ4v) is 3.03. The van der Waals surface area contributed by atoms with Crippen LogP contribution in [0.3, 0.4) is 0 Å². The molecule has 0 spiro atoms. The number of benzene rings is 1. The molecule has 1 aliphatic carbocycles. The van der Waals surface area contributed by atoms with E-state index in [1.807, 2.05) is 12.1 Å². The Morgan fingerprint density at radius 1 is 1.28 bits per heavy atom. The zero-order valence-corrected chi connectivity index (χ0v) is 12.7. The second kappa shape index (κ2) is 5.80. The normalized spacial score (nSPS) is 18.2. The SMILES string of the molecule is O=C(C1=C(Br)CCC/C1=N\O)c1cccc(Br)c1. The highest BCUT2D eigenvalue weighted by atomic mass is 79.9. The number of carbonyl (C=O) groups excluding carboxylic acids is 1. The molecule has 0 saturated carbocycles. The lowest BCUT2D eigenvalue weighted by Gasteiger charge is -2.16. The van der Waals surface area contributed by atoms with Gasteiger partial charge in [0.15, 0.2) is 5.78 Å². The highest BCUT2D eigenvalue weighted by Gasteiger charge is 2.25. The van der Waals surface area contributed by atoms with E-state index in [1.54, 1.807) is 12.1 Å². The Morgan fingerprint density at radius 3 is 2.72 bits per heavy atom. The van der Waals surface area contributed by atoms with Crippen molar-refractivity contribution in [2.45, 2.75) is 19.3 Å². The van der Waals surface area contributed by atoms with E-state index in [2.05, 4.69) is 37.0 Å². The molecule has 0 heterocycles. The second-order valence-corrected chi connectivity index (χ2v) is 5.89. The second-order valence-electron chi connectivity index (χ2n) is 4.02. The largest absolute Gasteiger partial charge is 0.411 e. The van der Waals surface area contributed by atoms with Crippen molar-refractivity contribution in [1.82, 2.24) is 0 Å². The van der Waals surface area contributed by atoms with Gasteiger partial charge in [0.1, 0.15) is 0 Å². The van der Waals surface area contributed by atoms with E-state index >= 15 is 0 Å². The summed E-state index contributed by atoms with van der Waals surface area (Å²) in [6, 6.07) is 7.19. The predicted molar refractivity (Wildman–Crippen MR) is 77.5 cm³/mol. The van der Waals surface area contributed by atoms with Crippen molar-refractivity contribution in [3.63, 3.8) is 0 Å². The van der Waals surface area contributed by atoms with Crippen molar-refractivity contribution in [1.29, 1.82) is 0 Å². The first-order chi connectivity index (χ1) is 8.63. The van der Waals surface area contributed by atoms with Crippen LogP contribution in [0.1, 0.15) is 29.6 Å². The number of ketones is 1. The molecule has 5 heteroatoms. The summed E-state index contributed by atoms with van der Waals surface area (Å²) in [6.07, 6.45) is 2.31. The summed E-state index contributed by atoms with van der Waals surface area (Å²) < 4.78 is 1.66. The molecule has 3 nitrogen and oxygen atoms in total. The Morgan fingerprint density at radius 2 is 2.06 bits per heavy atom. The third-order valence-electron chi connectivity index (χ3n) is 2.80. The maximum atomic E-state index is 12.4. The Bertz CT molecular complexity index is 550. The smallest absolute Gasteiger partial charge is 0.195 e. The molecular weight excluding hydrogens is 362 g/mol. The minimum absolute atomic E-state index is 0.115.